The first-order valence-corrected chi connectivity index (χ1v) is 11.4. The predicted octanol–water partition coefficient (Wildman–Crippen LogP) is 4.83. The second kappa shape index (κ2) is 9.82. The van der Waals surface area contributed by atoms with Crippen LogP contribution in [0.4, 0.5) is 10.5 Å². The molecule has 0 radical (unpaired) electrons. The predicted molar refractivity (Wildman–Crippen MR) is 129 cm³/mol. The van der Waals surface area contributed by atoms with Crippen molar-refractivity contribution < 1.29 is 23.9 Å². The third-order valence-corrected chi connectivity index (χ3v) is 5.73. The summed E-state index contributed by atoms with van der Waals surface area (Å²) >= 11 is 5.48. The summed E-state index contributed by atoms with van der Waals surface area (Å²) in [5, 5.41) is 2.25. The zero-order valence-electron chi connectivity index (χ0n) is 17.1. The first-order chi connectivity index (χ1) is 14.8. The van der Waals surface area contributed by atoms with Gasteiger partial charge in [0.15, 0.2) is 11.5 Å². The van der Waals surface area contributed by atoms with Gasteiger partial charge in [-0.2, -0.15) is 0 Å². The van der Waals surface area contributed by atoms with Gasteiger partial charge in [0.05, 0.1) is 22.5 Å². The zero-order chi connectivity index (χ0) is 22.7. The third-order valence-electron chi connectivity index (χ3n) is 4.43. The summed E-state index contributed by atoms with van der Waals surface area (Å²) in [4.78, 5) is 39.1. The van der Waals surface area contributed by atoms with Crippen molar-refractivity contribution in [3.8, 4) is 11.5 Å². The normalized spacial score (nSPS) is 15.3. The van der Waals surface area contributed by atoms with Crippen LogP contribution in [0.1, 0.15) is 25.0 Å². The number of anilines is 1. The quantitative estimate of drug-likeness (QED) is 0.293. The van der Waals surface area contributed by atoms with Crippen LogP contribution >= 0.6 is 38.5 Å². The van der Waals surface area contributed by atoms with Gasteiger partial charge < -0.3 is 9.47 Å². The number of benzene rings is 2. The SMILES string of the molecule is CCOc1cc(/C=C2/C(=O)NC(=O)N(c3ccc(Br)cc3C)C2=O)cc(I)c1OCC. The smallest absolute Gasteiger partial charge is 0.335 e. The Morgan fingerprint density at radius 3 is 2.45 bits per heavy atom. The van der Waals surface area contributed by atoms with Crippen molar-refractivity contribution in [2.75, 3.05) is 18.1 Å². The molecule has 0 atom stereocenters. The Bertz CT molecular complexity index is 1100. The molecule has 0 saturated carbocycles. The van der Waals surface area contributed by atoms with Crippen LogP contribution in [0.25, 0.3) is 6.08 Å². The van der Waals surface area contributed by atoms with Crippen LogP contribution in [0, 0.1) is 10.5 Å². The van der Waals surface area contributed by atoms with Crippen molar-refractivity contribution in [1.29, 1.82) is 0 Å². The summed E-state index contributed by atoms with van der Waals surface area (Å²) in [7, 11) is 0. The number of urea groups is 1. The second-order valence-corrected chi connectivity index (χ2v) is 8.66. The Hall–Kier alpha value is -2.40. The van der Waals surface area contributed by atoms with Crippen LogP contribution in [0.15, 0.2) is 40.4 Å². The molecule has 2 aromatic carbocycles. The van der Waals surface area contributed by atoms with E-state index in [1.807, 2.05) is 13.8 Å². The molecule has 0 bridgehead atoms. The molecule has 0 aliphatic carbocycles. The molecule has 2 aromatic rings. The van der Waals surface area contributed by atoms with Gasteiger partial charge in [-0.15, -0.1) is 0 Å². The number of hydrogen-bond donors (Lipinski definition) is 1. The van der Waals surface area contributed by atoms with Gasteiger partial charge in [0, 0.05) is 4.47 Å². The lowest BCUT2D eigenvalue weighted by Gasteiger charge is -2.27. The minimum absolute atomic E-state index is 0.149. The number of nitrogens with one attached hydrogen (secondary N) is 1. The Balaban J connectivity index is 2.06. The third kappa shape index (κ3) is 4.93. The number of carbonyl (C=O) groups is 3. The highest BCUT2D eigenvalue weighted by Gasteiger charge is 2.37. The van der Waals surface area contributed by atoms with E-state index in [-0.39, 0.29) is 5.57 Å². The van der Waals surface area contributed by atoms with Crippen LogP contribution in [-0.4, -0.2) is 31.1 Å². The van der Waals surface area contributed by atoms with Gasteiger partial charge in [-0.1, -0.05) is 15.9 Å². The van der Waals surface area contributed by atoms with E-state index >= 15 is 0 Å². The molecule has 31 heavy (non-hydrogen) atoms. The monoisotopic (exact) mass is 598 g/mol. The molecule has 9 heteroatoms. The molecule has 162 valence electrons. The summed E-state index contributed by atoms with van der Waals surface area (Å²) in [5.74, 6) is -0.318. The number of ether oxygens (including phenoxy) is 2. The zero-order valence-corrected chi connectivity index (χ0v) is 20.9. The average molecular weight is 599 g/mol. The molecule has 1 heterocycles. The molecule has 0 spiro atoms. The van der Waals surface area contributed by atoms with Gasteiger partial charge in [0.1, 0.15) is 5.57 Å². The lowest BCUT2D eigenvalue weighted by Crippen LogP contribution is -2.54. The van der Waals surface area contributed by atoms with E-state index in [1.54, 1.807) is 37.3 Å². The molecule has 1 saturated heterocycles. The van der Waals surface area contributed by atoms with Crippen molar-refractivity contribution in [3.63, 3.8) is 0 Å². The fraction of sp³-hybridized carbons (Fsp3) is 0.227. The fourth-order valence-corrected chi connectivity index (χ4v) is 4.39. The average Bonchev–Trinajstić information content (AvgIpc) is 2.69. The Kier molecular flexibility index (Phi) is 7.37. The maximum absolute atomic E-state index is 13.2. The number of halogens is 2. The minimum atomic E-state index is -0.783. The maximum atomic E-state index is 13.2. The number of barbiturate groups is 1. The van der Waals surface area contributed by atoms with Gasteiger partial charge in [0.25, 0.3) is 11.8 Å². The molecular formula is C22H20BrIN2O5. The number of imide groups is 2. The van der Waals surface area contributed by atoms with Gasteiger partial charge >= 0.3 is 6.03 Å². The highest BCUT2D eigenvalue weighted by atomic mass is 127. The summed E-state index contributed by atoms with van der Waals surface area (Å²) in [6, 6.07) is 7.87. The van der Waals surface area contributed by atoms with Crippen LogP contribution < -0.4 is 19.7 Å². The second-order valence-electron chi connectivity index (χ2n) is 6.58. The molecule has 1 aliphatic heterocycles. The largest absolute Gasteiger partial charge is 0.490 e. The number of rotatable bonds is 6. The van der Waals surface area contributed by atoms with E-state index in [2.05, 4.69) is 43.8 Å². The van der Waals surface area contributed by atoms with Crippen LogP contribution in [0.3, 0.4) is 0 Å². The summed E-state index contributed by atoms with van der Waals surface area (Å²) in [5.41, 5.74) is 1.54. The minimum Gasteiger partial charge on any atom is -0.490 e. The Morgan fingerprint density at radius 1 is 1.10 bits per heavy atom. The van der Waals surface area contributed by atoms with E-state index in [4.69, 9.17) is 9.47 Å². The molecule has 1 N–H and O–H groups in total. The molecule has 0 unspecified atom stereocenters. The van der Waals surface area contributed by atoms with Crippen molar-refractivity contribution in [1.82, 2.24) is 5.32 Å². The molecule has 0 aromatic heterocycles. The van der Waals surface area contributed by atoms with Crippen molar-refractivity contribution in [3.05, 3.63) is 55.1 Å². The van der Waals surface area contributed by atoms with Gasteiger partial charge in [-0.25, -0.2) is 9.69 Å². The Labute approximate surface area is 202 Å². The summed E-state index contributed by atoms with van der Waals surface area (Å²) in [6.45, 7) is 6.42. The van der Waals surface area contributed by atoms with Gasteiger partial charge in [0.2, 0.25) is 0 Å². The van der Waals surface area contributed by atoms with E-state index in [0.717, 1.165) is 12.9 Å². The van der Waals surface area contributed by atoms with Gasteiger partial charge in [-0.05, 0) is 90.9 Å². The molecule has 4 amide bonds. The summed E-state index contributed by atoms with van der Waals surface area (Å²) < 4.78 is 12.9. The summed E-state index contributed by atoms with van der Waals surface area (Å²) in [6.07, 6.45) is 1.45. The number of nitrogens with zero attached hydrogens (tertiary/aromatic N) is 1. The first kappa shape index (κ1) is 23.3. The van der Waals surface area contributed by atoms with E-state index in [9.17, 15) is 14.4 Å². The Morgan fingerprint density at radius 2 is 1.81 bits per heavy atom. The molecular weight excluding hydrogens is 579 g/mol. The number of carbonyl (C=O) groups excluding carboxylic acids is 3. The number of hydrogen-bond acceptors (Lipinski definition) is 5. The molecule has 1 aliphatic rings. The topological polar surface area (TPSA) is 84.9 Å². The van der Waals surface area contributed by atoms with Crippen LogP contribution in [-0.2, 0) is 9.59 Å². The van der Waals surface area contributed by atoms with E-state index in [0.29, 0.717) is 41.5 Å². The number of amides is 4. The van der Waals surface area contributed by atoms with Crippen molar-refractivity contribution in [2.45, 2.75) is 20.8 Å². The maximum Gasteiger partial charge on any atom is 0.335 e. The number of aryl methyl sites for hydroxylation is 1. The highest BCUT2D eigenvalue weighted by Crippen LogP contribution is 2.35. The standard InChI is InChI=1S/C22H20BrIN2O5/c1-4-30-18-11-13(10-16(24)19(18)31-5-2)9-15-20(27)25-22(29)26(21(15)28)17-7-6-14(23)8-12(17)3/h6-11H,4-5H2,1-3H3,(H,25,27,29)/b15-9-. The van der Waals surface area contributed by atoms with E-state index in [1.165, 1.54) is 6.08 Å². The van der Waals surface area contributed by atoms with Gasteiger partial charge in [-0.3, -0.25) is 14.9 Å². The van der Waals surface area contributed by atoms with Crippen LogP contribution in [0.2, 0.25) is 0 Å². The molecule has 1 fully saturated rings. The lowest BCUT2D eigenvalue weighted by molar-refractivity contribution is -0.122. The lowest BCUT2D eigenvalue weighted by atomic mass is 10.1. The van der Waals surface area contributed by atoms with Crippen molar-refractivity contribution >= 4 is 68.1 Å². The first-order valence-electron chi connectivity index (χ1n) is 9.53. The molecule has 3 rings (SSSR count). The van der Waals surface area contributed by atoms with Crippen LogP contribution in [0.5, 0.6) is 11.5 Å². The highest BCUT2D eigenvalue weighted by molar-refractivity contribution is 14.1. The van der Waals surface area contributed by atoms with Crippen molar-refractivity contribution in [2.24, 2.45) is 0 Å². The molecule has 7 nitrogen and oxygen atoms in total. The fourth-order valence-electron chi connectivity index (χ4n) is 3.13. The van der Waals surface area contributed by atoms with E-state index < -0.39 is 17.8 Å².